The maximum absolute atomic E-state index is 6.18. The summed E-state index contributed by atoms with van der Waals surface area (Å²) in [6.45, 7) is 2.88. The van der Waals surface area contributed by atoms with Crippen molar-refractivity contribution in [3.8, 4) is 17.2 Å². The molecular weight excluding hydrogens is 290 g/mol. The molecule has 1 aliphatic rings. The number of fused-ring (bicyclic) bond motifs is 1. The lowest BCUT2D eigenvalue weighted by molar-refractivity contribution is 0.174. The van der Waals surface area contributed by atoms with E-state index < -0.39 is 0 Å². The van der Waals surface area contributed by atoms with Crippen LogP contribution in [0.4, 0.5) is 5.69 Å². The molecule has 1 heterocycles. The van der Waals surface area contributed by atoms with Crippen LogP contribution in [0.5, 0.6) is 17.2 Å². The summed E-state index contributed by atoms with van der Waals surface area (Å²) in [4.78, 5) is 0. The summed E-state index contributed by atoms with van der Waals surface area (Å²) >= 11 is 6.18. The number of methoxy groups -OCH3 is 1. The van der Waals surface area contributed by atoms with Crippen molar-refractivity contribution in [1.82, 2.24) is 0 Å². The topological polar surface area (TPSA) is 39.7 Å². The third kappa shape index (κ3) is 2.85. The monoisotopic (exact) mass is 305 g/mol. The molecule has 0 atom stereocenters. The number of rotatable bonds is 4. The van der Waals surface area contributed by atoms with Crippen LogP contribution in [-0.2, 0) is 6.54 Å². The molecule has 2 aromatic rings. The zero-order chi connectivity index (χ0) is 14.8. The molecule has 110 valence electrons. The molecule has 0 amide bonds. The van der Waals surface area contributed by atoms with Gasteiger partial charge in [-0.25, -0.2) is 0 Å². The van der Waals surface area contributed by atoms with E-state index in [0.717, 1.165) is 17.0 Å². The molecule has 1 N–H and O–H groups in total. The van der Waals surface area contributed by atoms with Gasteiger partial charge < -0.3 is 19.5 Å². The first-order valence-electron chi connectivity index (χ1n) is 6.64. The first kappa shape index (κ1) is 13.9. The molecule has 0 radical (unpaired) electrons. The molecule has 4 nitrogen and oxygen atoms in total. The second kappa shape index (κ2) is 5.74. The largest absolute Gasteiger partial charge is 0.495 e. The molecule has 3 rings (SSSR count). The van der Waals surface area contributed by atoms with Crippen LogP contribution < -0.4 is 19.5 Å². The van der Waals surface area contributed by atoms with Gasteiger partial charge in [-0.15, -0.1) is 0 Å². The van der Waals surface area contributed by atoms with Crippen LogP contribution in [0.1, 0.15) is 11.1 Å². The number of aryl methyl sites for hydroxylation is 1. The van der Waals surface area contributed by atoms with Crippen LogP contribution in [0.3, 0.4) is 0 Å². The minimum Gasteiger partial charge on any atom is -0.495 e. The van der Waals surface area contributed by atoms with Crippen molar-refractivity contribution in [1.29, 1.82) is 0 Å². The third-order valence-electron chi connectivity index (χ3n) is 3.32. The molecule has 21 heavy (non-hydrogen) atoms. The predicted octanol–water partition coefficient (Wildman–Crippen LogP) is 4.00. The number of benzene rings is 2. The van der Waals surface area contributed by atoms with Crippen LogP contribution in [0.2, 0.25) is 5.02 Å². The van der Waals surface area contributed by atoms with E-state index >= 15 is 0 Å². The van der Waals surface area contributed by atoms with Crippen molar-refractivity contribution in [2.24, 2.45) is 0 Å². The molecule has 0 spiro atoms. The van der Waals surface area contributed by atoms with Gasteiger partial charge in [-0.1, -0.05) is 17.7 Å². The number of anilines is 1. The summed E-state index contributed by atoms with van der Waals surface area (Å²) in [6.07, 6.45) is 0. The molecule has 0 unspecified atom stereocenters. The lowest BCUT2D eigenvalue weighted by Gasteiger charge is -2.12. The van der Waals surface area contributed by atoms with E-state index in [2.05, 4.69) is 5.32 Å². The van der Waals surface area contributed by atoms with E-state index in [4.69, 9.17) is 25.8 Å². The maximum atomic E-state index is 6.18. The normalized spacial score (nSPS) is 12.3. The summed E-state index contributed by atoms with van der Waals surface area (Å²) in [7, 11) is 1.66. The average Bonchev–Trinajstić information content (AvgIpc) is 2.94. The SMILES string of the molecule is COc1ccc(C)cc1NCc1cc(Cl)c2c(c1)OCO2. The summed E-state index contributed by atoms with van der Waals surface area (Å²) in [5, 5.41) is 3.93. The Morgan fingerprint density at radius 1 is 1.24 bits per heavy atom. The highest BCUT2D eigenvalue weighted by molar-refractivity contribution is 6.32. The first-order chi connectivity index (χ1) is 10.2. The van der Waals surface area contributed by atoms with Crippen molar-refractivity contribution in [2.45, 2.75) is 13.5 Å². The molecule has 1 aliphatic heterocycles. The fourth-order valence-corrected chi connectivity index (χ4v) is 2.57. The Bertz CT molecular complexity index is 673. The molecule has 5 heteroatoms. The van der Waals surface area contributed by atoms with Gasteiger partial charge in [0.1, 0.15) is 5.75 Å². The van der Waals surface area contributed by atoms with Crippen molar-refractivity contribution < 1.29 is 14.2 Å². The molecule has 0 aromatic heterocycles. The summed E-state index contributed by atoms with van der Waals surface area (Å²) in [6, 6.07) is 9.83. The molecule has 0 fully saturated rings. The van der Waals surface area contributed by atoms with Gasteiger partial charge in [-0.05, 0) is 42.3 Å². The average molecular weight is 306 g/mol. The lowest BCUT2D eigenvalue weighted by Crippen LogP contribution is -2.02. The molecule has 2 aromatic carbocycles. The molecule has 0 aliphatic carbocycles. The Labute approximate surface area is 128 Å². The highest BCUT2D eigenvalue weighted by Crippen LogP contribution is 2.40. The second-order valence-corrected chi connectivity index (χ2v) is 5.28. The van der Waals surface area contributed by atoms with E-state index in [0.29, 0.717) is 23.1 Å². The van der Waals surface area contributed by atoms with Crippen LogP contribution in [0.25, 0.3) is 0 Å². The fourth-order valence-electron chi connectivity index (χ4n) is 2.28. The molecular formula is C16H16ClNO3. The fraction of sp³-hybridized carbons (Fsp3) is 0.250. The van der Waals surface area contributed by atoms with Crippen LogP contribution in [-0.4, -0.2) is 13.9 Å². The van der Waals surface area contributed by atoms with Crippen molar-refractivity contribution in [3.63, 3.8) is 0 Å². The molecule has 0 bridgehead atoms. The van der Waals surface area contributed by atoms with Crippen LogP contribution in [0, 0.1) is 6.92 Å². The maximum Gasteiger partial charge on any atom is 0.231 e. The Balaban J connectivity index is 1.79. The Kier molecular flexibility index (Phi) is 3.80. The number of halogens is 1. The molecule has 0 saturated carbocycles. The van der Waals surface area contributed by atoms with E-state index in [9.17, 15) is 0 Å². The smallest absolute Gasteiger partial charge is 0.231 e. The minimum absolute atomic E-state index is 0.220. The molecule has 0 saturated heterocycles. The number of hydrogen-bond acceptors (Lipinski definition) is 4. The van der Waals surface area contributed by atoms with Gasteiger partial charge in [0.2, 0.25) is 6.79 Å². The summed E-state index contributed by atoms with van der Waals surface area (Å²) < 4.78 is 16.0. The van der Waals surface area contributed by atoms with E-state index in [1.54, 1.807) is 7.11 Å². The standard InChI is InChI=1S/C16H16ClNO3/c1-10-3-4-14(19-2)13(5-10)18-8-11-6-12(17)16-15(7-11)20-9-21-16/h3-7,18H,8-9H2,1-2H3. The minimum atomic E-state index is 0.220. The highest BCUT2D eigenvalue weighted by Gasteiger charge is 2.18. The number of hydrogen-bond donors (Lipinski definition) is 1. The van der Waals surface area contributed by atoms with E-state index in [-0.39, 0.29) is 6.79 Å². The highest BCUT2D eigenvalue weighted by atomic mass is 35.5. The van der Waals surface area contributed by atoms with Gasteiger partial charge in [0.15, 0.2) is 11.5 Å². The van der Waals surface area contributed by atoms with Crippen LogP contribution >= 0.6 is 11.6 Å². The predicted molar refractivity (Wildman–Crippen MR) is 82.6 cm³/mol. The second-order valence-electron chi connectivity index (χ2n) is 4.87. The third-order valence-corrected chi connectivity index (χ3v) is 3.61. The van der Waals surface area contributed by atoms with Crippen molar-refractivity contribution in [3.05, 3.63) is 46.5 Å². The quantitative estimate of drug-likeness (QED) is 0.927. The van der Waals surface area contributed by atoms with Gasteiger partial charge in [0.05, 0.1) is 17.8 Å². The van der Waals surface area contributed by atoms with Gasteiger partial charge in [0, 0.05) is 6.54 Å². The van der Waals surface area contributed by atoms with Crippen molar-refractivity contribution in [2.75, 3.05) is 19.2 Å². The lowest BCUT2D eigenvalue weighted by atomic mass is 10.1. The van der Waals surface area contributed by atoms with Gasteiger partial charge in [-0.2, -0.15) is 0 Å². The van der Waals surface area contributed by atoms with Gasteiger partial charge in [0.25, 0.3) is 0 Å². The Morgan fingerprint density at radius 2 is 2.10 bits per heavy atom. The first-order valence-corrected chi connectivity index (χ1v) is 7.01. The summed E-state index contributed by atoms with van der Waals surface area (Å²) in [5.41, 5.74) is 3.14. The van der Waals surface area contributed by atoms with E-state index in [1.165, 1.54) is 5.56 Å². The zero-order valence-electron chi connectivity index (χ0n) is 11.9. The Morgan fingerprint density at radius 3 is 2.90 bits per heavy atom. The number of ether oxygens (including phenoxy) is 3. The summed E-state index contributed by atoms with van der Waals surface area (Å²) in [5.74, 6) is 2.12. The van der Waals surface area contributed by atoms with Crippen LogP contribution in [0.15, 0.2) is 30.3 Å². The van der Waals surface area contributed by atoms with E-state index in [1.807, 2.05) is 37.3 Å². The number of nitrogens with one attached hydrogen (secondary N) is 1. The zero-order valence-corrected chi connectivity index (χ0v) is 12.7. The van der Waals surface area contributed by atoms with Crippen molar-refractivity contribution >= 4 is 17.3 Å². The Hall–Kier alpha value is -2.07. The van der Waals surface area contributed by atoms with Gasteiger partial charge >= 0.3 is 0 Å². The van der Waals surface area contributed by atoms with Gasteiger partial charge in [-0.3, -0.25) is 0 Å².